The Labute approximate surface area is 257 Å². The number of ether oxygens (including phenoxy) is 5. The van der Waals surface area contributed by atoms with Gasteiger partial charge in [-0.05, 0) is 38.5 Å². The number of halogens is 2. The first kappa shape index (κ1) is 32.8. The first-order valence-corrected chi connectivity index (χ1v) is 14.7. The summed E-state index contributed by atoms with van der Waals surface area (Å²) in [6, 6.07) is 4.57. The summed E-state index contributed by atoms with van der Waals surface area (Å²) in [5.74, 6) is -3.67. The molecule has 44 heavy (non-hydrogen) atoms. The van der Waals surface area contributed by atoms with Gasteiger partial charge in [0.2, 0.25) is 0 Å². The van der Waals surface area contributed by atoms with E-state index in [9.17, 15) is 14.4 Å². The summed E-state index contributed by atoms with van der Waals surface area (Å²) >= 11 is 1.04. The van der Waals surface area contributed by atoms with Gasteiger partial charge in [-0.25, -0.2) is 13.6 Å². The van der Waals surface area contributed by atoms with Gasteiger partial charge in [-0.1, -0.05) is 6.92 Å². The molecule has 2 aromatic carbocycles. The van der Waals surface area contributed by atoms with E-state index in [1.165, 1.54) is 32.1 Å². The van der Waals surface area contributed by atoms with Crippen LogP contribution in [0.4, 0.5) is 13.6 Å². The lowest BCUT2D eigenvalue weighted by molar-refractivity contribution is -0.141. The van der Waals surface area contributed by atoms with Crippen molar-refractivity contribution in [2.45, 2.75) is 59.2 Å². The number of aliphatic carboxylic acids is 1. The third-order valence-electron chi connectivity index (χ3n) is 6.83. The fourth-order valence-corrected chi connectivity index (χ4v) is 5.63. The van der Waals surface area contributed by atoms with Crippen LogP contribution in [0.25, 0.3) is 10.1 Å². The molecule has 0 bridgehead atoms. The van der Waals surface area contributed by atoms with Crippen LogP contribution in [0.1, 0.15) is 61.3 Å². The van der Waals surface area contributed by atoms with E-state index in [1.807, 2.05) is 0 Å². The van der Waals surface area contributed by atoms with Crippen LogP contribution < -0.4 is 18.9 Å². The Kier molecular flexibility index (Phi) is 9.87. The number of Topliss-reactive ketones (excluding diaryl/α,β-unsaturated/α-hetero) is 1. The van der Waals surface area contributed by atoms with Crippen molar-refractivity contribution in [1.82, 2.24) is 4.90 Å². The normalized spacial score (nSPS) is 13.4. The molecule has 1 amide bonds. The number of benzene rings is 2. The number of fused-ring (bicyclic) bond motifs is 2. The molecule has 0 fully saturated rings. The average molecular weight is 636 g/mol. The minimum Gasteiger partial charge on any atom is -0.493 e. The maximum atomic E-state index is 15.5. The molecule has 1 atom stereocenters. The van der Waals surface area contributed by atoms with Gasteiger partial charge in [-0.3, -0.25) is 14.5 Å². The molecule has 0 saturated carbocycles. The van der Waals surface area contributed by atoms with Crippen LogP contribution in [0.15, 0.2) is 18.2 Å². The zero-order valence-electron chi connectivity index (χ0n) is 25.4. The number of ketones is 1. The van der Waals surface area contributed by atoms with Crippen molar-refractivity contribution < 1.29 is 52.0 Å². The summed E-state index contributed by atoms with van der Waals surface area (Å²) in [4.78, 5) is 37.8. The Morgan fingerprint density at radius 1 is 0.977 bits per heavy atom. The number of carbonyl (C=O) groups is 3. The number of carbonyl (C=O) groups excluding carboxylic acids is 2. The van der Waals surface area contributed by atoms with E-state index >= 15 is 8.78 Å². The molecule has 1 aliphatic rings. The molecule has 1 aromatic heterocycles. The molecule has 4 rings (SSSR count). The molecule has 238 valence electrons. The van der Waals surface area contributed by atoms with Crippen molar-refractivity contribution in [3.05, 3.63) is 45.8 Å². The number of methoxy groups -OCH3 is 2. The highest BCUT2D eigenvalue weighted by molar-refractivity contribution is 7.20. The summed E-state index contributed by atoms with van der Waals surface area (Å²) < 4.78 is 58.9. The monoisotopic (exact) mass is 635 g/mol. The van der Waals surface area contributed by atoms with Crippen LogP contribution in [-0.4, -0.2) is 60.9 Å². The van der Waals surface area contributed by atoms with E-state index in [4.69, 9.17) is 28.8 Å². The lowest BCUT2D eigenvalue weighted by Gasteiger charge is -2.24. The minimum absolute atomic E-state index is 0.00683. The summed E-state index contributed by atoms with van der Waals surface area (Å²) in [7, 11) is 2.75. The van der Waals surface area contributed by atoms with E-state index < -0.39 is 41.0 Å². The maximum absolute atomic E-state index is 15.5. The molecule has 0 spiro atoms. The number of carboxylic acid groups (broad SMARTS) is 1. The van der Waals surface area contributed by atoms with Gasteiger partial charge in [0.1, 0.15) is 5.60 Å². The Hall–Kier alpha value is -4.13. The van der Waals surface area contributed by atoms with Gasteiger partial charge in [0.05, 0.1) is 44.8 Å². The van der Waals surface area contributed by atoms with E-state index in [1.54, 1.807) is 32.9 Å². The lowest BCUT2D eigenvalue weighted by Crippen LogP contribution is -2.33. The number of thiophene rings is 1. The minimum atomic E-state index is -1.09. The van der Waals surface area contributed by atoms with Gasteiger partial charge in [-0.2, -0.15) is 0 Å². The number of carboxylic acids is 1. The van der Waals surface area contributed by atoms with Crippen LogP contribution in [0.2, 0.25) is 0 Å². The van der Waals surface area contributed by atoms with E-state index in [2.05, 4.69) is 0 Å². The van der Waals surface area contributed by atoms with Crippen LogP contribution >= 0.6 is 11.3 Å². The smallest absolute Gasteiger partial charge is 0.410 e. The zero-order chi connectivity index (χ0) is 32.3. The number of amides is 1. The number of hydrogen-bond donors (Lipinski definition) is 1. The number of rotatable bonds is 12. The maximum Gasteiger partial charge on any atom is 0.410 e. The topological polar surface area (TPSA) is 121 Å². The Bertz CT molecular complexity index is 1580. The van der Waals surface area contributed by atoms with Gasteiger partial charge >= 0.3 is 12.1 Å². The van der Waals surface area contributed by atoms with Crippen molar-refractivity contribution in [3.8, 4) is 23.0 Å². The quantitative estimate of drug-likeness (QED) is 0.174. The number of nitrogens with zero attached hydrogens (tertiary/aromatic N) is 1. The van der Waals surface area contributed by atoms with Crippen molar-refractivity contribution in [2.24, 2.45) is 5.92 Å². The van der Waals surface area contributed by atoms with E-state index in [0.29, 0.717) is 15.8 Å². The molecule has 13 heteroatoms. The molecule has 0 aliphatic carbocycles. The molecule has 0 unspecified atom stereocenters. The second-order valence-corrected chi connectivity index (χ2v) is 12.4. The first-order chi connectivity index (χ1) is 20.7. The molecule has 2 heterocycles. The predicted octanol–water partition coefficient (Wildman–Crippen LogP) is 6.59. The second-order valence-electron chi connectivity index (χ2n) is 11.4. The molecule has 1 N–H and O–H groups in total. The van der Waals surface area contributed by atoms with Gasteiger partial charge in [0, 0.05) is 41.1 Å². The third kappa shape index (κ3) is 7.15. The van der Waals surface area contributed by atoms with Gasteiger partial charge in [-0.15, -0.1) is 11.3 Å². The summed E-state index contributed by atoms with van der Waals surface area (Å²) in [6.45, 7) is 6.89. The molecule has 0 radical (unpaired) electrons. The van der Waals surface area contributed by atoms with Crippen molar-refractivity contribution >= 4 is 39.3 Å². The highest BCUT2D eigenvalue weighted by atomic mass is 32.1. The fraction of sp³-hybridized carbons (Fsp3) is 0.452. The van der Waals surface area contributed by atoms with E-state index in [-0.39, 0.29) is 72.4 Å². The highest BCUT2D eigenvalue weighted by Gasteiger charge is 2.32. The number of hydrogen-bond acceptors (Lipinski definition) is 9. The molecule has 1 aliphatic heterocycles. The SMILES string of the molecule is COc1cc2c(c(F)c1OCCCOc1c(OC)cc3sc(C(=O)C[C@H](C)C(=O)O)cc3c1F)CN(C(=O)OC(C)(C)C)C2. The zero-order valence-corrected chi connectivity index (χ0v) is 26.2. The summed E-state index contributed by atoms with van der Waals surface area (Å²) in [5, 5.41) is 9.25. The van der Waals surface area contributed by atoms with Gasteiger partial charge < -0.3 is 28.8 Å². The predicted molar refractivity (Wildman–Crippen MR) is 158 cm³/mol. The molecule has 0 saturated heterocycles. The van der Waals surface area contributed by atoms with Crippen LogP contribution in [0.5, 0.6) is 23.0 Å². The Balaban J connectivity index is 1.41. The Morgan fingerprint density at radius 3 is 2.18 bits per heavy atom. The van der Waals surface area contributed by atoms with Gasteiger partial charge in [0.15, 0.2) is 40.4 Å². The second kappa shape index (κ2) is 13.2. The van der Waals surface area contributed by atoms with Crippen LogP contribution in [-0.2, 0) is 22.6 Å². The van der Waals surface area contributed by atoms with Crippen LogP contribution in [0.3, 0.4) is 0 Å². The van der Waals surface area contributed by atoms with Crippen molar-refractivity contribution in [3.63, 3.8) is 0 Å². The van der Waals surface area contributed by atoms with Crippen molar-refractivity contribution in [1.29, 1.82) is 0 Å². The largest absolute Gasteiger partial charge is 0.493 e. The average Bonchev–Trinajstić information content (AvgIpc) is 3.59. The summed E-state index contributed by atoms with van der Waals surface area (Å²) in [6.07, 6.45) is -0.516. The molecular weight excluding hydrogens is 600 g/mol. The lowest BCUT2D eigenvalue weighted by atomic mass is 10.0. The third-order valence-corrected chi connectivity index (χ3v) is 7.96. The first-order valence-electron chi connectivity index (χ1n) is 13.9. The van der Waals surface area contributed by atoms with E-state index in [0.717, 1.165) is 11.3 Å². The van der Waals surface area contributed by atoms with Crippen LogP contribution in [0, 0.1) is 17.6 Å². The Morgan fingerprint density at radius 2 is 1.59 bits per heavy atom. The molecule has 10 nitrogen and oxygen atoms in total. The molecular formula is C31H35F2NO9S. The van der Waals surface area contributed by atoms with Crippen molar-refractivity contribution in [2.75, 3.05) is 27.4 Å². The fourth-order valence-electron chi connectivity index (χ4n) is 4.60. The highest BCUT2D eigenvalue weighted by Crippen LogP contribution is 2.41. The molecule has 3 aromatic rings. The summed E-state index contributed by atoms with van der Waals surface area (Å²) in [5.41, 5.74) is 0.216. The van der Waals surface area contributed by atoms with Gasteiger partial charge in [0.25, 0.3) is 0 Å². The standard InChI is InChI=1S/C31H35F2NO9S/c1-16(29(36)37)10-20(35)24-12-18-23(44-24)13-22(40-6)28(25(18)32)42-9-7-8-41-27-21(39-5)11-17-14-34(15-19(17)26(27)33)30(38)43-31(2,3)4/h11-13,16H,7-10,14-15H2,1-6H3,(H,36,37)/t16-/m0/s1.